The Morgan fingerprint density at radius 1 is 0.933 bits per heavy atom. The van der Waals surface area contributed by atoms with E-state index in [-0.39, 0.29) is 0 Å². The topological polar surface area (TPSA) is 52.6 Å². The smallest absolute Gasteiger partial charge is 0.348 e. The van der Waals surface area contributed by atoms with Gasteiger partial charge in [0.25, 0.3) is 0 Å². The summed E-state index contributed by atoms with van der Waals surface area (Å²) in [5.41, 5.74) is 3.16. The summed E-state index contributed by atoms with van der Waals surface area (Å²) in [4.78, 5) is 13.0. The lowest BCUT2D eigenvalue weighted by Crippen LogP contribution is -2.00. The molecule has 0 aliphatic heterocycles. The minimum Gasteiger partial charge on any atom is -0.497 e. The van der Waals surface area contributed by atoms with Crippen molar-refractivity contribution >= 4 is 33.5 Å². The van der Waals surface area contributed by atoms with Crippen molar-refractivity contribution in [2.75, 3.05) is 7.11 Å². The van der Waals surface area contributed by atoms with Gasteiger partial charge in [-0.05, 0) is 41.5 Å². The number of rotatable bonds is 4. The highest BCUT2D eigenvalue weighted by molar-refractivity contribution is 6.31. The molecule has 0 aliphatic rings. The quantitative estimate of drug-likeness (QED) is 0.315. The number of hydrogen-bond acceptors (Lipinski definition) is 4. The lowest BCUT2D eigenvalue weighted by atomic mass is 9.99. The van der Waals surface area contributed by atoms with Crippen molar-refractivity contribution in [2.45, 2.75) is 6.42 Å². The molecular weight excluding hydrogens is 400 g/mol. The number of benzene rings is 3. The molecule has 0 N–H and O–H groups in total. The van der Waals surface area contributed by atoms with Crippen molar-refractivity contribution in [1.82, 2.24) is 0 Å². The van der Waals surface area contributed by atoms with E-state index < -0.39 is 5.63 Å². The molecule has 0 bridgehead atoms. The molecule has 0 radical (unpaired) electrons. The molecule has 0 atom stereocenters. The highest BCUT2D eigenvalue weighted by Crippen LogP contribution is 2.38. The monoisotopic (exact) mass is 416 g/mol. The summed E-state index contributed by atoms with van der Waals surface area (Å²) in [6.45, 7) is 0. The van der Waals surface area contributed by atoms with Crippen molar-refractivity contribution in [1.29, 1.82) is 0 Å². The maximum atomic E-state index is 13.0. The first-order chi connectivity index (χ1) is 14.6. The number of ether oxygens (including phenoxy) is 1. The van der Waals surface area contributed by atoms with Crippen LogP contribution in [-0.2, 0) is 6.42 Å². The van der Waals surface area contributed by atoms with E-state index in [1.807, 2.05) is 54.6 Å². The van der Waals surface area contributed by atoms with E-state index in [4.69, 9.17) is 25.2 Å². The van der Waals surface area contributed by atoms with Crippen LogP contribution in [0.2, 0.25) is 5.02 Å². The van der Waals surface area contributed by atoms with Gasteiger partial charge < -0.3 is 13.6 Å². The number of methoxy groups -OCH3 is 1. The van der Waals surface area contributed by atoms with E-state index in [0.29, 0.717) is 39.1 Å². The van der Waals surface area contributed by atoms with Gasteiger partial charge in [-0.1, -0.05) is 54.1 Å². The second-order valence-corrected chi connectivity index (χ2v) is 7.46. The summed E-state index contributed by atoms with van der Waals surface area (Å²) in [5, 5.41) is 1.64. The van der Waals surface area contributed by atoms with Crippen molar-refractivity contribution in [3.63, 3.8) is 0 Å². The fourth-order valence-electron chi connectivity index (χ4n) is 3.75. The summed E-state index contributed by atoms with van der Waals surface area (Å²) in [5.74, 6) is 1.43. The van der Waals surface area contributed by atoms with E-state index in [2.05, 4.69) is 0 Å². The Labute approximate surface area is 177 Å². The summed E-state index contributed by atoms with van der Waals surface area (Å²) in [6.07, 6.45) is 0.540. The van der Waals surface area contributed by atoms with Crippen LogP contribution < -0.4 is 10.4 Å². The lowest BCUT2D eigenvalue weighted by Gasteiger charge is -2.05. The largest absolute Gasteiger partial charge is 0.497 e. The molecule has 0 unspecified atom stereocenters. The molecule has 0 fully saturated rings. The molecule has 5 rings (SSSR count). The summed E-state index contributed by atoms with van der Waals surface area (Å²) in [6, 6.07) is 22.7. The van der Waals surface area contributed by atoms with Gasteiger partial charge in [-0.2, -0.15) is 0 Å². The second-order valence-electron chi connectivity index (χ2n) is 7.03. The molecule has 0 aliphatic carbocycles. The van der Waals surface area contributed by atoms with Crippen LogP contribution in [-0.4, -0.2) is 7.11 Å². The molecule has 0 saturated heterocycles. The third kappa shape index (κ3) is 3.15. The van der Waals surface area contributed by atoms with Crippen LogP contribution in [0.15, 0.2) is 86.4 Å². The molecule has 5 heteroatoms. The van der Waals surface area contributed by atoms with Crippen molar-refractivity contribution in [3.05, 3.63) is 99.6 Å². The van der Waals surface area contributed by atoms with Crippen LogP contribution in [0, 0.1) is 0 Å². The van der Waals surface area contributed by atoms with Crippen LogP contribution in [0.25, 0.3) is 33.1 Å². The highest BCUT2D eigenvalue weighted by atomic mass is 35.5. The normalized spacial score (nSPS) is 11.3. The van der Waals surface area contributed by atoms with Gasteiger partial charge in [-0.25, -0.2) is 4.79 Å². The molecule has 4 nitrogen and oxygen atoms in total. The Bertz CT molecular complexity index is 1410. The van der Waals surface area contributed by atoms with Crippen molar-refractivity contribution in [3.8, 4) is 16.9 Å². The zero-order valence-electron chi connectivity index (χ0n) is 16.1. The Kier molecular flexibility index (Phi) is 4.57. The minimum absolute atomic E-state index is 0.417. The molecule has 2 aromatic heterocycles. The van der Waals surface area contributed by atoms with E-state index >= 15 is 0 Å². The third-order valence-corrected chi connectivity index (χ3v) is 5.40. The van der Waals surface area contributed by atoms with Gasteiger partial charge in [0.05, 0.1) is 12.5 Å². The van der Waals surface area contributed by atoms with Gasteiger partial charge in [-0.3, -0.25) is 0 Å². The number of halogens is 1. The Morgan fingerprint density at radius 3 is 2.43 bits per heavy atom. The second kappa shape index (κ2) is 7.39. The molecule has 148 valence electrons. The van der Waals surface area contributed by atoms with Crippen LogP contribution in [0.1, 0.15) is 11.3 Å². The maximum absolute atomic E-state index is 13.0. The van der Waals surface area contributed by atoms with Crippen LogP contribution in [0.5, 0.6) is 5.75 Å². The zero-order valence-corrected chi connectivity index (χ0v) is 16.9. The van der Waals surface area contributed by atoms with E-state index in [1.165, 1.54) is 0 Å². The van der Waals surface area contributed by atoms with Crippen LogP contribution in [0.4, 0.5) is 0 Å². The molecule has 30 heavy (non-hydrogen) atoms. The molecular formula is C25H17ClO4. The Morgan fingerprint density at radius 2 is 1.70 bits per heavy atom. The fraction of sp³-hybridized carbons (Fsp3) is 0.0800. The number of hydrogen-bond donors (Lipinski definition) is 0. The van der Waals surface area contributed by atoms with E-state index in [0.717, 1.165) is 22.4 Å². The zero-order chi connectivity index (χ0) is 20.7. The van der Waals surface area contributed by atoms with Gasteiger partial charge in [0.1, 0.15) is 22.5 Å². The lowest BCUT2D eigenvalue weighted by molar-refractivity contribution is 0.415. The average Bonchev–Trinajstić information content (AvgIpc) is 3.15. The van der Waals surface area contributed by atoms with Crippen molar-refractivity contribution in [2.24, 2.45) is 0 Å². The standard InChI is InChI=1S/C25H17ClO4/c1-28-18-10-7-16(8-11-18)22-21(13-15-5-3-2-4-6-15)29-24-19-14-17(26)9-12-20(19)30-25(27)23(22)24/h2-12,14H,13H2,1H3. The minimum atomic E-state index is -0.436. The number of furan rings is 1. The molecule has 2 heterocycles. The summed E-state index contributed by atoms with van der Waals surface area (Å²) >= 11 is 6.21. The first-order valence-electron chi connectivity index (χ1n) is 9.50. The number of fused-ring (bicyclic) bond motifs is 3. The van der Waals surface area contributed by atoms with Gasteiger partial charge in [-0.15, -0.1) is 0 Å². The van der Waals surface area contributed by atoms with Gasteiger partial charge in [0, 0.05) is 17.0 Å². The SMILES string of the molecule is COc1ccc(-c2c(Cc3ccccc3)oc3c2c(=O)oc2ccc(Cl)cc23)cc1. The highest BCUT2D eigenvalue weighted by Gasteiger charge is 2.22. The first-order valence-corrected chi connectivity index (χ1v) is 9.88. The third-order valence-electron chi connectivity index (χ3n) is 5.16. The summed E-state index contributed by atoms with van der Waals surface area (Å²) in [7, 11) is 1.62. The van der Waals surface area contributed by atoms with Crippen LogP contribution >= 0.6 is 11.6 Å². The van der Waals surface area contributed by atoms with Crippen molar-refractivity contribution < 1.29 is 13.6 Å². The predicted octanol–water partition coefficient (Wildman–Crippen LogP) is 6.46. The van der Waals surface area contributed by atoms with Gasteiger partial charge in [0.15, 0.2) is 5.58 Å². The fourth-order valence-corrected chi connectivity index (χ4v) is 3.92. The van der Waals surface area contributed by atoms with Gasteiger partial charge >= 0.3 is 5.63 Å². The van der Waals surface area contributed by atoms with Gasteiger partial charge in [0.2, 0.25) is 0 Å². The molecule has 0 saturated carbocycles. The Balaban J connectivity index is 1.83. The molecule has 0 spiro atoms. The predicted molar refractivity (Wildman–Crippen MR) is 119 cm³/mol. The van der Waals surface area contributed by atoms with E-state index in [9.17, 15) is 4.79 Å². The maximum Gasteiger partial charge on any atom is 0.348 e. The Hall–Kier alpha value is -3.50. The van der Waals surface area contributed by atoms with E-state index in [1.54, 1.807) is 25.3 Å². The molecule has 3 aromatic carbocycles. The molecule has 5 aromatic rings. The first kappa shape index (κ1) is 18.5. The average molecular weight is 417 g/mol. The molecule has 0 amide bonds. The van der Waals surface area contributed by atoms with Crippen LogP contribution in [0.3, 0.4) is 0 Å². The summed E-state index contributed by atoms with van der Waals surface area (Å²) < 4.78 is 17.2.